The van der Waals surface area contributed by atoms with Crippen LogP contribution in [-0.2, 0) is 11.8 Å². The lowest BCUT2D eigenvalue weighted by molar-refractivity contribution is -0.348. The minimum atomic E-state index is -6.51. The highest BCUT2D eigenvalue weighted by molar-refractivity contribution is 9.10. The van der Waals surface area contributed by atoms with Gasteiger partial charge in [-0.25, -0.2) is 4.39 Å². The van der Waals surface area contributed by atoms with E-state index in [9.17, 15) is 43.9 Å². The second-order valence-corrected chi connectivity index (χ2v) is 4.69. The van der Waals surface area contributed by atoms with Crippen molar-refractivity contribution >= 4 is 15.9 Å². The summed E-state index contributed by atoms with van der Waals surface area (Å²) in [5.41, 5.74) is -10.3. The van der Waals surface area contributed by atoms with E-state index in [1.54, 1.807) is 0 Å². The Labute approximate surface area is 118 Å². The number of hydrogen-bond acceptors (Lipinski definition) is 0. The lowest BCUT2D eigenvalue weighted by Crippen LogP contribution is -2.50. The minimum Gasteiger partial charge on any atom is -0.218 e. The van der Waals surface area contributed by atoms with Crippen LogP contribution in [0.2, 0.25) is 0 Å². The van der Waals surface area contributed by atoms with Crippen molar-refractivity contribution in [3.05, 3.63) is 33.8 Å². The van der Waals surface area contributed by atoms with Gasteiger partial charge in [-0.15, -0.1) is 0 Å². The van der Waals surface area contributed by atoms with E-state index in [0.29, 0.717) is 0 Å². The SMILES string of the molecule is FC(F)(F)c1[c]c(C(F)(C(F)(F)F)C(F)(F)F)cc(Br)c1. The Hall–Kier alpha value is -1.00. The fourth-order valence-electron chi connectivity index (χ4n) is 1.34. The van der Waals surface area contributed by atoms with E-state index in [1.807, 2.05) is 0 Å². The molecule has 0 saturated heterocycles. The Balaban J connectivity index is 3.66. The van der Waals surface area contributed by atoms with Crippen molar-refractivity contribution in [1.29, 1.82) is 0 Å². The standard InChI is InChI=1S/C10H2BrF10/c11-6-2-4(1-5(3-6)8(13,14)15)7(12,9(16,17)18)10(19,20)21/h2-3H. The number of alkyl halides is 10. The highest BCUT2D eigenvalue weighted by Crippen LogP contribution is 2.53. The first-order valence-electron chi connectivity index (χ1n) is 4.73. The molecule has 0 aliphatic carbocycles. The van der Waals surface area contributed by atoms with Gasteiger partial charge >= 0.3 is 24.2 Å². The van der Waals surface area contributed by atoms with Crippen molar-refractivity contribution in [1.82, 2.24) is 0 Å². The zero-order valence-electron chi connectivity index (χ0n) is 9.31. The smallest absolute Gasteiger partial charge is 0.218 e. The molecular formula is C10H2BrF10. The number of hydrogen-bond donors (Lipinski definition) is 0. The predicted octanol–water partition coefficient (Wildman–Crippen LogP) is 5.56. The Bertz CT molecular complexity index is 510. The van der Waals surface area contributed by atoms with Gasteiger partial charge in [0.25, 0.3) is 0 Å². The summed E-state index contributed by atoms with van der Waals surface area (Å²) in [6.07, 6.45) is -18.3. The Morgan fingerprint density at radius 1 is 0.714 bits per heavy atom. The largest absolute Gasteiger partial charge is 0.435 e. The molecular weight excluding hydrogens is 390 g/mol. The van der Waals surface area contributed by atoms with Crippen LogP contribution in [0.5, 0.6) is 0 Å². The molecule has 1 radical (unpaired) electrons. The van der Waals surface area contributed by atoms with Crippen LogP contribution in [0.4, 0.5) is 43.9 Å². The third kappa shape index (κ3) is 3.27. The first-order valence-corrected chi connectivity index (χ1v) is 5.53. The molecule has 0 bridgehead atoms. The average Bonchev–Trinajstić information content (AvgIpc) is 2.22. The maximum Gasteiger partial charge on any atom is 0.435 e. The van der Waals surface area contributed by atoms with Crippen LogP contribution in [0.1, 0.15) is 11.1 Å². The molecule has 0 saturated carbocycles. The molecule has 0 N–H and O–H groups in total. The normalized spacial score (nSPS) is 14.4. The molecule has 1 rings (SSSR count). The quantitative estimate of drug-likeness (QED) is 0.550. The maximum absolute atomic E-state index is 13.6. The molecule has 0 aliphatic rings. The summed E-state index contributed by atoms with van der Waals surface area (Å²) in [5.74, 6) is 0. The summed E-state index contributed by atoms with van der Waals surface area (Å²) in [4.78, 5) is 0. The fourth-order valence-corrected chi connectivity index (χ4v) is 1.80. The van der Waals surface area contributed by atoms with Gasteiger partial charge < -0.3 is 0 Å². The first-order chi connectivity index (χ1) is 9.10. The molecule has 119 valence electrons. The van der Waals surface area contributed by atoms with Gasteiger partial charge in [0.05, 0.1) is 5.56 Å². The van der Waals surface area contributed by atoms with Gasteiger partial charge in [0.1, 0.15) is 0 Å². The minimum absolute atomic E-state index is 0.0593. The lowest BCUT2D eigenvalue weighted by atomic mass is 9.92. The van der Waals surface area contributed by atoms with Gasteiger partial charge in [0.2, 0.25) is 0 Å². The molecule has 0 unspecified atom stereocenters. The summed E-state index contributed by atoms with van der Waals surface area (Å²) in [6, 6.07) is 0.927. The van der Waals surface area contributed by atoms with E-state index in [2.05, 4.69) is 15.9 Å². The molecule has 0 fully saturated rings. The second kappa shape index (κ2) is 5.03. The molecule has 1 aromatic carbocycles. The van der Waals surface area contributed by atoms with Gasteiger partial charge in [0, 0.05) is 16.1 Å². The molecule has 0 amide bonds. The maximum atomic E-state index is 13.6. The van der Waals surface area contributed by atoms with Crippen LogP contribution >= 0.6 is 15.9 Å². The molecule has 21 heavy (non-hydrogen) atoms. The van der Waals surface area contributed by atoms with E-state index in [4.69, 9.17) is 0 Å². The van der Waals surface area contributed by atoms with Crippen LogP contribution in [0.25, 0.3) is 0 Å². The van der Waals surface area contributed by atoms with Crippen molar-refractivity contribution in [2.24, 2.45) is 0 Å². The van der Waals surface area contributed by atoms with Crippen LogP contribution in [0.15, 0.2) is 16.6 Å². The van der Waals surface area contributed by atoms with E-state index in [-0.39, 0.29) is 12.1 Å². The second-order valence-electron chi connectivity index (χ2n) is 3.78. The molecule has 0 aromatic heterocycles. The predicted molar refractivity (Wildman–Crippen MR) is 52.9 cm³/mol. The zero-order valence-corrected chi connectivity index (χ0v) is 10.9. The molecule has 11 heteroatoms. The van der Waals surface area contributed by atoms with Crippen LogP contribution in [0, 0.1) is 6.07 Å². The van der Waals surface area contributed by atoms with E-state index in [1.165, 1.54) is 0 Å². The summed E-state index contributed by atoms with van der Waals surface area (Å²) in [6.45, 7) is 0. The molecule has 0 spiro atoms. The van der Waals surface area contributed by atoms with Gasteiger partial charge in [-0.2, -0.15) is 39.5 Å². The van der Waals surface area contributed by atoms with E-state index >= 15 is 0 Å². The zero-order chi connectivity index (χ0) is 16.9. The lowest BCUT2D eigenvalue weighted by Gasteiger charge is -2.30. The third-order valence-corrected chi connectivity index (χ3v) is 2.75. The van der Waals surface area contributed by atoms with Crippen molar-refractivity contribution in [2.45, 2.75) is 24.2 Å². The topological polar surface area (TPSA) is 0 Å². The fraction of sp³-hybridized carbons (Fsp3) is 0.400. The monoisotopic (exact) mass is 391 g/mol. The van der Waals surface area contributed by atoms with Crippen molar-refractivity contribution in [2.75, 3.05) is 0 Å². The van der Waals surface area contributed by atoms with E-state index < -0.39 is 39.8 Å². The first kappa shape index (κ1) is 18.1. The highest BCUT2D eigenvalue weighted by atomic mass is 79.9. The summed E-state index contributed by atoms with van der Waals surface area (Å²) in [7, 11) is 0. The van der Waals surface area contributed by atoms with E-state index in [0.717, 1.165) is 6.07 Å². The van der Waals surface area contributed by atoms with Crippen LogP contribution < -0.4 is 0 Å². The molecule has 0 atom stereocenters. The van der Waals surface area contributed by atoms with Crippen molar-refractivity contribution < 1.29 is 43.9 Å². The van der Waals surface area contributed by atoms with Crippen LogP contribution in [-0.4, -0.2) is 12.4 Å². The van der Waals surface area contributed by atoms with Crippen LogP contribution in [0.3, 0.4) is 0 Å². The molecule has 0 nitrogen and oxygen atoms in total. The number of rotatable bonds is 1. The van der Waals surface area contributed by atoms with Gasteiger partial charge in [-0.05, 0) is 12.1 Å². The Kier molecular flexibility index (Phi) is 4.32. The van der Waals surface area contributed by atoms with Gasteiger partial charge in [0.15, 0.2) is 0 Å². The summed E-state index contributed by atoms with van der Waals surface area (Å²) in [5, 5.41) is 0. The molecule has 0 aliphatic heterocycles. The highest BCUT2D eigenvalue weighted by Gasteiger charge is 2.73. The van der Waals surface area contributed by atoms with Crippen molar-refractivity contribution in [3.8, 4) is 0 Å². The summed E-state index contributed by atoms with van der Waals surface area (Å²) >= 11 is 2.31. The van der Waals surface area contributed by atoms with Gasteiger partial charge in [-0.3, -0.25) is 0 Å². The number of benzene rings is 1. The third-order valence-electron chi connectivity index (χ3n) is 2.29. The van der Waals surface area contributed by atoms with Crippen molar-refractivity contribution in [3.63, 3.8) is 0 Å². The molecule has 1 aromatic rings. The summed E-state index contributed by atoms with van der Waals surface area (Å²) < 4.78 is 125. The average molecular weight is 392 g/mol. The number of halogens is 11. The Morgan fingerprint density at radius 2 is 1.10 bits per heavy atom. The van der Waals surface area contributed by atoms with Gasteiger partial charge in [-0.1, -0.05) is 15.9 Å². The Morgan fingerprint density at radius 3 is 1.43 bits per heavy atom. The molecule has 0 heterocycles.